The number of thiazole rings is 1. The largest absolute Gasteiger partial charge is 0.332 e. The zero-order valence-corrected chi connectivity index (χ0v) is 11.8. The summed E-state index contributed by atoms with van der Waals surface area (Å²) in [6.45, 7) is 4.43. The molecule has 2 rings (SSSR count). The van der Waals surface area contributed by atoms with Crippen molar-refractivity contribution in [1.82, 2.24) is 4.98 Å². The fraction of sp³-hybridized carbons (Fsp3) is 0.692. The Morgan fingerprint density at radius 1 is 1.61 bits per heavy atom. The Balaban J connectivity index is 1.74. The van der Waals surface area contributed by atoms with Gasteiger partial charge < -0.3 is 10.2 Å². The lowest BCUT2D eigenvalue weighted by atomic mass is 10.00. The van der Waals surface area contributed by atoms with Crippen molar-refractivity contribution in [3.05, 3.63) is 11.6 Å². The van der Waals surface area contributed by atoms with E-state index in [1.807, 2.05) is 5.38 Å². The smallest absolute Gasteiger partial charge is 0.231 e. The molecule has 0 bridgehead atoms. The van der Waals surface area contributed by atoms with Crippen LogP contribution in [0.1, 0.15) is 39.0 Å². The number of nitrogens with one attached hydrogen (secondary N) is 2. The van der Waals surface area contributed by atoms with Crippen LogP contribution in [0.2, 0.25) is 0 Å². The Kier molecular flexibility index (Phi) is 5.13. The maximum absolute atomic E-state index is 11.8. The monoisotopic (exact) mass is 268 g/mol. The predicted octanol–water partition coefficient (Wildman–Crippen LogP) is 1.32. The molecule has 1 saturated heterocycles. The summed E-state index contributed by atoms with van der Waals surface area (Å²) < 4.78 is 0. The molecule has 1 amide bonds. The van der Waals surface area contributed by atoms with Gasteiger partial charge in [0.25, 0.3) is 0 Å². The summed E-state index contributed by atoms with van der Waals surface area (Å²) in [4.78, 5) is 17.5. The fourth-order valence-corrected chi connectivity index (χ4v) is 3.26. The number of rotatable bonds is 5. The first kappa shape index (κ1) is 13.5. The summed E-state index contributed by atoms with van der Waals surface area (Å²) in [5, 5.41) is 5.43. The topological polar surface area (TPSA) is 46.4 Å². The molecule has 2 N–H and O–H groups in total. The van der Waals surface area contributed by atoms with Crippen molar-refractivity contribution < 1.29 is 9.69 Å². The zero-order valence-electron chi connectivity index (χ0n) is 10.9. The molecule has 18 heavy (non-hydrogen) atoms. The molecule has 4 nitrogen and oxygen atoms in total. The average Bonchev–Trinajstić information content (AvgIpc) is 2.89. The second-order valence-electron chi connectivity index (χ2n) is 4.89. The summed E-state index contributed by atoms with van der Waals surface area (Å²) >= 11 is 1.47. The number of piperidine rings is 1. The summed E-state index contributed by atoms with van der Waals surface area (Å²) in [6.07, 6.45) is 7.52. The van der Waals surface area contributed by atoms with Gasteiger partial charge >= 0.3 is 0 Å². The number of hydrogen-bond acceptors (Lipinski definition) is 3. The number of quaternary nitrogens is 1. The standard InChI is InChI=1S/C13H21N3OS/c1-2-11-5-3-4-8-16(11)9-6-12(17)15-13-14-7-10-18-13/h7,10-11H,2-6,8-9H2,1H3,(H,14,15,17)/p+1. The van der Waals surface area contributed by atoms with Crippen LogP contribution in [-0.4, -0.2) is 30.0 Å². The average molecular weight is 268 g/mol. The maximum atomic E-state index is 11.8. The minimum atomic E-state index is 0.0953. The third-order valence-electron chi connectivity index (χ3n) is 3.72. The highest BCUT2D eigenvalue weighted by Crippen LogP contribution is 2.10. The summed E-state index contributed by atoms with van der Waals surface area (Å²) in [7, 11) is 0. The molecule has 2 atom stereocenters. The Labute approximate surface area is 112 Å². The highest BCUT2D eigenvalue weighted by molar-refractivity contribution is 7.13. The summed E-state index contributed by atoms with van der Waals surface area (Å²) in [5.41, 5.74) is 0. The molecule has 1 fully saturated rings. The van der Waals surface area contributed by atoms with Gasteiger partial charge in [0.05, 0.1) is 25.6 Å². The Hall–Kier alpha value is -0.940. The fourth-order valence-electron chi connectivity index (χ4n) is 2.71. The van der Waals surface area contributed by atoms with Crippen LogP contribution in [-0.2, 0) is 4.79 Å². The van der Waals surface area contributed by atoms with Gasteiger partial charge in [0.1, 0.15) is 0 Å². The van der Waals surface area contributed by atoms with Crippen LogP contribution in [0.25, 0.3) is 0 Å². The van der Waals surface area contributed by atoms with Gasteiger partial charge in [-0.2, -0.15) is 0 Å². The Bertz CT molecular complexity index is 366. The van der Waals surface area contributed by atoms with Crippen LogP contribution in [0, 0.1) is 0 Å². The SMILES string of the molecule is CCC1CCCC[NH+]1CCC(=O)Nc1nccs1. The lowest BCUT2D eigenvalue weighted by molar-refractivity contribution is -0.930. The van der Waals surface area contributed by atoms with Crippen LogP contribution in [0.4, 0.5) is 5.13 Å². The molecule has 5 heteroatoms. The molecule has 100 valence electrons. The number of hydrogen-bond donors (Lipinski definition) is 2. The number of carbonyl (C=O) groups is 1. The minimum absolute atomic E-state index is 0.0953. The molecule has 1 aliphatic rings. The molecule has 0 aromatic carbocycles. The van der Waals surface area contributed by atoms with E-state index >= 15 is 0 Å². The van der Waals surface area contributed by atoms with E-state index < -0.39 is 0 Å². The predicted molar refractivity (Wildman–Crippen MR) is 74.0 cm³/mol. The van der Waals surface area contributed by atoms with E-state index in [0.717, 1.165) is 12.6 Å². The van der Waals surface area contributed by atoms with E-state index in [2.05, 4.69) is 17.2 Å². The van der Waals surface area contributed by atoms with Gasteiger partial charge in [-0.3, -0.25) is 4.79 Å². The molecular formula is C13H22N3OS+. The van der Waals surface area contributed by atoms with Crippen LogP contribution >= 0.6 is 11.3 Å². The van der Waals surface area contributed by atoms with Crippen LogP contribution in [0.15, 0.2) is 11.6 Å². The Morgan fingerprint density at radius 2 is 2.50 bits per heavy atom. The van der Waals surface area contributed by atoms with Crippen LogP contribution in [0.3, 0.4) is 0 Å². The number of nitrogens with zero attached hydrogens (tertiary/aromatic N) is 1. The first-order chi connectivity index (χ1) is 8.79. The van der Waals surface area contributed by atoms with Crippen molar-refractivity contribution in [3.8, 4) is 0 Å². The van der Waals surface area contributed by atoms with Gasteiger partial charge in [-0.1, -0.05) is 6.92 Å². The van der Waals surface area contributed by atoms with E-state index in [9.17, 15) is 4.79 Å². The highest BCUT2D eigenvalue weighted by Gasteiger charge is 2.24. The number of aromatic nitrogens is 1. The second-order valence-corrected chi connectivity index (χ2v) is 5.79. The van der Waals surface area contributed by atoms with Gasteiger partial charge in [0, 0.05) is 11.6 Å². The van der Waals surface area contributed by atoms with Gasteiger partial charge in [-0.15, -0.1) is 11.3 Å². The number of amides is 1. The molecular weight excluding hydrogens is 246 g/mol. The quantitative estimate of drug-likeness (QED) is 0.846. The van der Waals surface area contributed by atoms with Crippen molar-refractivity contribution >= 4 is 22.4 Å². The van der Waals surface area contributed by atoms with Crippen molar-refractivity contribution in [3.63, 3.8) is 0 Å². The van der Waals surface area contributed by atoms with Crippen molar-refractivity contribution in [2.24, 2.45) is 0 Å². The number of carbonyl (C=O) groups excluding carboxylic acids is 1. The van der Waals surface area contributed by atoms with E-state index in [4.69, 9.17) is 0 Å². The van der Waals surface area contributed by atoms with Crippen LogP contribution < -0.4 is 10.2 Å². The molecule has 1 aromatic rings. The highest BCUT2D eigenvalue weighted by atomic mass is 32.1. The van der Waals surface area contributed by atoms with Crippen molar-refractivity contribution in [2.75, 3.05) is 18.4 Å². The van der Waals surface area contributed by atoms with Crippen molar-refractivity contribution in [2.45, 2.75) is 45.1 Å². The third kappa shape index (κ3) is 3.78. The van der Waals surface area contributed by atoms with Gasteiger partial charge in [-0.25, -0.2) is 4.98 Å². The van der Waals surface area contributed by atoms with E-state index in [1.54, 1.807) is 11.1 Å². The van der Waals surface area contributed by atoms with Gasteiger partial charge in [0.2, 0.25) is 5.91 Å². The first-order valence-corrected chi connectivity index (χ1v) is 7.71. The molecule has 0 spiro atoms. The lowest BCUT2D eigenvalue weighted by Crippen LogP contribution is -3.16. The van der Waals surface area contributed by atoms with E-state index in [-0.39, 0.29) is 5.91 Å². The van der Waals surface area contributed by atoms with Crippen molar-refractivity contribution in [1.29, 1.82) is 0 Å². The second kappa shape index (κ2) is 6.85. The number of likely N-dealkylation sites (tertiary alicyclic amines) is 1. The normalized spacial score (nSPS) is 23.8. The minimum Gasteiger partial charge on any atom is -0.332 e. The maximum Gasteiger partial charge on any atom is 0.231 e. The number of anilines is 1. The lowest BCUT2D eigenvalue weighted by Gasteiger charge is -2.31. The van der Waals surface area contributed by atoms with Crippen LogP contribution in [0.5, 0.6) is 0 Å². The Morgan fingerprint density at radius 3 is 3.22 bits per heavy atom. The molecule has 0 saturated carbocycles. The molecule has 0 radical (unpaired) electrons. The molecule has 2 heterocycles. The molecule has 0 aliphatic carbocycles. The molecule has 1 aliphatic heterocycles. The van der Waals surface area contributed by atoms with Gasteiger partial charge in [0.15, 0.2) is 5.13 Å². The van der Waals surface area contributed by atoms with E-state index in [1.165, 1.54) is 43.6 Å². The van der Waals surface area contributed by atoms with Gasteiger partial charge in [-0.05, 0) is 25.7 Å². The van der Waals surface area contributed by atoms with E-state index in [0.29, 0.717) is 11.6 Å². The zero-order chi connectivity index (χ0) is 12.8. The molecule has 1 aromatic heterocycles. The summed E-state index contributed by atoms with van der Waals surface area (Å²) in [6, 6.07) is 0.756. The third-order valence-corrected chi connectivity index (χ3v) is 4.41. The molecule has 2 unspecified atom stereocenters. The summed E-state index contributed by atoms with van der Waals surface area (Å²) in [5.74, 6) is 0.0953. The first-order valence-electron chi connectivity index (χ1n) is 6.83.